The Morgan fingerprint density at radius 2 is 1.38 bits per heavy atom. The standard InChI is InChI=1S/C17H30N4O4S/c1-26(24,25)21-12-10-19(11-13-21)16(22)14-18-6-8-20(9-7-18)17(23)15-4-2-3-5-15/h15H,2-14H2,1H3. The number of nitrogens with zero attached hydrogens (tertiary/aromatic N) is 4. The average molecular weight is 387 g/mol. The molecule has 0 radical (unpaired) electrons. The summed E-state index contributed by atoms with van der Waals surface area (Å²) in [4.78, 5) is 30.8. The fraction of sp³-hybridized carbons (Fsp3) is 0.882. The van der Waals surface area contributed by atoms with Gasteiger partial charge in [-0.3, -0.25) is 14.5 Å². The number of hydrogen-bond donors (Lipinski definition) is 0. The summed E-state index contributed by atoms with van der Waals surface area (Å²) in [5, 5.41) is 0. The lowest BCUT2D eigenvalue weighted by atomic mass is 10.1. The van der Waals surface area contributed by atoms with E-state index in [0.717, 1.165) is 38.8 Å². The Balaban J connectivity index is 1.40. The van der Waals surface area contributed by atoms with Crippen molar-refractivity contribution in [3.8, 4) is 0 Å². The summed E-state index contributed by atoms with van der Waals surface area (Å²) >= 11 is 0. The fourth-order valence-electron chi connectivity index (χ4n) is 4.12. The average Bonchev–Trinajstić information content (AvgIpc) is 3.16. The van der Waals surface area contributed by atoms with Gasteiger partial charge in [0.2, 0.25) is 21.8 Å². The van der Waals surface area contributed by atoms with Crippen molar-refractivity contribution in [2.24, 2.45) is 5.92 Å². The molecule has 3 fully saturated rings. The minimum absolute atomic E-state index is 0.0497. The predicted molar refractivity (Wildman–Crippen MR) is 98.0 cm³/mol. The van der Waals surface area contributed by atoms with E-state index in [-0.39, 0.29) is 11.8 Å². The number of carbonyl (C=O) groups is 2. The number of hydrogen-bond acceptors (Lipinski definition) is 5. The van der Waals surface area contributed by atoms with Gasteiger partial charge in [-0.1, -0.05) is 12.8 Å². The first kappa shape index (κ1) is 19.6. The number of piperazine rings is 2. The maximum Gasteiger partial charge on any atom is 0.236 e. The van der Waals surface area contributed by atoms with E-state index >= 15 is 0 Å². The zero-order chi connectivity index (χ0) is 18.7. The van der Waals surface area contributed by atoms with Crippen LogP contribution in [-0.2, 0) is 19.6 Å². The van der Waals surface area contributed by atoms with Crippen LogP contribution in [0.1, 0.15) is 25.7 Å². The third-order valence-electron chi connectivity index (χ3n) is 5.81. The van der Waals surface area contributed by atoms with Gasteiger partial charge in [-0.2, -0.15) is 4.31 Å². The van der Waals surface area contributed by atoms with Crippen molar-refractivity contribution in [2.75, 3.05) is 65.2 Å². The summed E-state index contributed by atoms with van der Waals surface area (Å²) in [6, 6.07) is 0. The van der Waals surface area contributed by atoms with Gasteiger partial charge in [0.05, 0.1) is 12.8 Å². The second-order valence-electron chi connectivity index (χ2n) is 7.63. The topological polar surface area (TPSA) is 81.2 Å². The molecule has 26 heavy (non-hydrogen) atoms. The Morgan fingerprint density at radius 1 is 0.846 bits per heavy atom. The molecule has 0 aromatic carbocycles. The third kappa shape index (κ3) is 4.75. The van der Waals surface area contributed by atoms with Crippen LogP contribution in [0.4, 0.5) is 0 Å². The van der Waals surface area contributed by atoms with Crippen LogP contribution < -0.4 is 0 Å². The molecule has 9 heteroatoms. The summed E-state index contributed by atoms with van der Waals surface area (Å²) in [7, 11) is -3.18. The van der Waals surface area contributed by atoms with Gasteiger partial charge in [0.15, 0.2) is 0 Å². The zero-order valence-electron chi connectivity index (χ0n) is 15.6. The van der Waals surface area contributed by atoms with Crippen LogP contribution >= 0.6 is 0 Å². The molecule has 0 aromatic rings. The van der Waals surface area contributed by atoms with Crippen molar-refractivity contribution >= 4 is 21.8 Å². The van der Waals surface area contributed by atoms with E-state index in [9.17, 15) is 18.0 Å². The molecule has 148 valence electrons. The smallest absolute Gasteiger partial charge is 0.236 e. The van der Waals surface area contributed by atoms with Gasteiger partial charge in [0, 0.05) is 58.3 Å². The van der Waals surface area contributed by atoms with Crippen molar-refractivity contribution in [2.45, 2.75) is 25.7 Å². The van der Waals surface area contributed by atoms with E-state index < -0.39 is 10.0 Å². The SMILES string of the molecule is CS(=O)(=O)N1CCN(C(=O)CN2CCN(C(=O)C3CCCC3)CC2)CC1. The van der Waals surface area contributed by atoms with Crippen LogP contribution in [0, 0.1) is 5.92 Å². The second kappa shape index (κ2) is 8.22. The lowest BCUT2D eigenvalue weighted by molar-refractivity contribution is -0.138. The van der Waals surface area contributed by atoms with Gasteiger partial charge in [-0.05, 0) is 12.8 Å². The van der Waals surface area contributed by atoms with Gasteiger partial charge < -0.3 is 9.80 Å². The van der Waals surface area contributed by atoms with Crippen molar-refractivity contribution in [1.82, 2.24) is 19.0 Å². The molecular weight excluding hydrogens is 356 g/mol. The minimum Gasteiger partial charge on any atom is -0.340 e. The van der Waals surface area contributed by atoms with Gasteiger partial charge in [0.1, 0.15) is 0 Å². The van der Waals surface area contributed by atoms with Crippen LogP contribution in [0.15, 0.2) is 0 Å². The Labute approximate surface area is 156 Å². The summed E-state index contributed by atoms with van der Waals surface area (Å²) in [6.45, 7) is 4.85. The molecule has 2 aliphatic heterocycles. The molecule has 0 bridgehead atoms. The number of sulfonamides is 1. The molecule has 3 aliphatic rings. The third-order valence-corrected chi connectivity index (χ3v) is 7.11. The normalized spacial score (nSPS) is 24.2. The van der Waals surface area contributed by atoms with E-state index in [4.69, 9.17) is 0 Å². The summed E-state index contributed by atoms with van der Waals surface area (Å²) in [5.74, 6) is 0.563. The fourth-order valence-corrected chi connectivity index (χ4v) is 4.94. The van der Waals surface area contributed by atoms with Crippen molar-refractivity contribution < 1.29 is 18.0 Å². The van der Waals surface area contributed by atoms with Crippen LogP contribution in [0.25, 0.3) is 0 Å². The first-order valence-electron chi connectivity index (χ1n) is 9.58. The predicted octanol–water partition coefficient (Wildman–Crippen LogP) is -0.575. The molecule has 0 aromatic heterocycles. The van der Waals surface area contributed by atoms with Crippen molar-refractivity contribution in [3.63, 3.8) is 0 Å². The molecular formula is C17H30N4O4S. The largest absolute Gasteiger partial charge is 0.340 e. The van der Waals surface area contributed by atoms with Gasteiger partial charge in [0.25, 0.3) is 0 Å². The molecule has 0 atom stereocenters. The summed E-state index contributed by atoms with van der Waals surface area (Å²) < 4.78 is 24.5. The second-order valence-corrected chi connectivity index (χ2v) is 9.61. The first-order chi connectivity index (χ1) is 12.3. The van der Waals surface area contributed by atoms with Crippen LogP contribution in [-0.4, -0.2) is 104 Å². The van der Waals surface area contributed by atoms with Crippen LogP contribution in [0.3, 0.4) is 0 Å². The molecule has 2 heterocycles. The van der Waals surface area contributed by atoms with E-state index in [1.165, 1.54) is 10.6 Å². The summed E-state index contributed by atoms with van der Waals surface area (Å²) in [6.07, 6.45) is 5.58. The first-order valence-corrected chi connectivity index (χ1v) is 11.4. The highest BCUT2D eigenvalue weighted by molar-refractivity contribution is 7.88. The van der Waals surface area contributed by atoms with Crippen LogP contribution in [0.5, 0.6) is 0 Å². The highest BCUT2D eigenvalue weighted by Gasteiger charge is 2.31. The lowest BCUT2D eigenvalue weighted by Crippen LogP contribution is -2.55. The lowest BCUT2D eigenvalue weighted by Gasteiger charge is -2.38. The molecule has 0 unspecified atom stereocenters. The van der Waals surface area contributed by atoms with Gasteiger partial charge >= 0.3 is 0 Å². The highest BCUT2D eigenvalue weighted by atomic mass is 32.2. The molecule has 2 saturated heterocycles. The Kier molecular flexibility index (Phi) is 6.19. The summed E-state index contributed by atoms with van der Waals surface area (Å²) in [5.41, 5.74) is 0. The maximum atomic E-state index is 12.5. The quantitative estimate of drug-likeness (QED) is 0.646. The molecule has 8 nitrogen and oxygen atoms in total. The molecule has 2 amide bonds. The van der Waals surface area contributed by atoms with E-state index in [1.54, 1.807) is 4.90 Å². The molecule has 1 saturated carbocycles. The van der Waals surface area contributed by atoms with E-state index in [0.29, 0.717) is 51.7 Å². The van der Waals surface area contributed by atoms with E-state index in [2.05, 4.69) is 4.90 Å². The Morgan fingerprint density at radius 3 is 1.92 bits per heavy atom. The van der Waals surface area contributed by atoms with Gasteiger partial charge in [-0.25, -0.2) is 8.42 Å². The van der Waals surface area contributed by atoms with Crippen molar-refractivity contribution in [3.05, 3.63) is 0 Å². The maximum absolute atomic E-state index is 12.5. The molecule has 0 N–H and O–H groups in total. The number of rotatable bonds is 4. The zero-order valence-corrected chi connectivity index (χ0v) is 16.4. The molecule has 0 spiro atoms. The Hall–Kier alpha value is -1.19. The van der Waals surface area contributed by atoms with Crippen molar-refractivity contribution in [1.29, 1.82) is 0 Å². The van der Waals surface area contributed by atoms with Crippen LogP contribution in [0.2, 0.25) is 0 Å². The minimum atomic E-state index is -3.18. The van der Waals surface area contributed by atoms with E-state index in [1.807, 2.05) is 4.90 Å². The highest BCUT2D eigenvalue weighted by Crippen LogP contribution is 2.26. The monoisotopic (exact) mass is 386 g/mol. The molecule has 3 rings (SSSR count). The van der Waals surface area contributed by atoms with Gasteiger partial charge in [-0.15, -0.1) is 0 Å². The number of amides is 2. The number of carbonyl (C=O) groups excluding carboxylic acids is 2. The molecule has 1 aliphatic carbocycles. The Bertz CT molecular complexity index is 617.